The summed E-state index contributed by atoms with van der Waals surface area (Å²) in [5.74, 6) is 0.116. The maximum Gasteiger partial charge on any atom is 0.153 e. The molecule has 0 saturated heterocycles. The molecule has 5 nitrogen and oxygen atoms in total. The molecule has 0 amide bonds. The first kappa shape index (κ1) is 15.4. The van der Waals surface area contributed by atoms with Crippen molar-refractivity contribution >= 4 is 53.7 Å². The van der Waals surface area contributed by atoms with Gasteiger partial charge in [0.2, 0.25) is 0 Å². The van der Waals surface area contributed by atoms with Crippen LogP contribution < -0.4 is 5.01 Å². The van der Waals surface area contributed by atoms with Crippen LogP contribution in [0.1, 0.15) is 5.56 Å². The lowest BCUT2D eigenvalue weighted by Gasteiger charge is -2.31. The summed E-state index contributed by atoms with van der Waals surface area (Å²) < 4.78 is 4.34. The number of phenols is 1. The predicted molar refractivity (Wildman–Crippen MR) is 99.1 cm³/mol. The molecule has 22 heavy (non-hydrogen) atoms. The second-order valence-corrected chi connectivity index (χ2v) is 7.74. The van der Waals surface area contributed by atoms with Crippen molar-refractivity contribution in [3.05, 3.63) is 47.0 Å². The lowest BCUT2D eigenvalue weighted by Crippen LogP contribution is -2.32. The second-order valence-electron chi connectivity index (χ2n) is 4.72. The molecule has 3 rings (SSSR count). The zero-order chi connectivity index (χ0) is 15.7. The van der Waals surface area contributed by atoms with Crippen LogP contribution in [0.5, 0.6) is 5.75 Å². The number of fused-ring (bicyclic) bond motifs is 1. The van der Waals surface area contributed by atoms with Gasteiger partial charge in [-0.2, -0.15) is 8.34 Å². The number of aromatic hydroxyl groups is 1. The van der Waals surface area contributed by atoms with Crippen LogP contribution in [-0.2, 0) is 0 Å². The Labute approximate surface area is 143 Å². The molecule has 1 N–H and O–H groups in total. The fraction of sp³-hybridized carbons (Fsp3) is 0.133. The Bertz CT molecular complexity index is 761. The van der Waals surface area contributed by atoms with Gasteiger partial charge in [0.05, 0.1) is 11.4 Å². The number of nitrogens with zero attached hydrogens (tertiary/aromatic N) is 4. The van der Waals surface area contributed by atoms with Crippen LogP contribution in [0.3, 0.4) is 0 Å². The van der Waals surface area contributed by atoms with Crippen molar-refractivity contribution in [2.45, 2.75) is 0 Å². The first-order chi connectivity index (χ1) is 10.6. The predicted octanol–water partition coefficient (Wildman–Crippen LogP) is 4.79. The van der Waals surface area contributed by atoms with Crippen LogP contribution in [0.15, 0.2) is 46.6 Å². The van der Waals surface area contributed by atoms with Gasteiger partial charge >= 0.3 is 0 Å². The molecule has 0 atom stereocenters. The van der Waals surface area contributed by atoms with E-state index in [1.807, 2.05) is 25.2 Å². The van der Waals surface area contributed by atoms with Gasteiger partial charge in [-0.15, -0.1) is 5.11 Å². The first-order valence-electron chi connectivity index (χ1n) is 6.54. The van der Waals surface area contributed by atoms with E-state index in [2.05, 4.69) is 17.5 Å². The molecule has 1 heterocycles. The fourth-order valence-electron chi connectivity index (χ4n) is 2.05. The Morgan fingerprint density at radius 1 is 1.05 bits per heavy atom. The van der Waals surface area contributed by atoms with E-state index in [0.29, 0.717) is 16.4 Å². The Morgan fingerprint density at radius 2 is 1.77 bits per heavy atom. The van der Waals surface area contributed by atoms with Gasteiger partial charge in [-0.05, 0) is 61.4 Å². The smallest absolute Gasteiger partial charge is 0.153 e. The number of anilines is 1. The van der Waals surface area contributed by atoms with Crippen molar-refractivity contribution in [1.29, 1.82) is 0 Å². The normalized spacial score (nSPS) is 15.0. The van der Waals surface area contributed by atoms with Crippen LogP contribution in [0.2, 0.25) is 5.02 Å². The van der Waals surface area contributed by atoms with Gasteiger partial charge in [0.1, 0.15) is 5.75 Å². The van der Waals surface area contributed by atoms with Crippen LogP contribution in [0.4, 0.5) is 17.1 Å². The Kier molecular flexibility index (Phi) is 4.42. The molecule has 0 unspecified atom stereocenters. The van der Waals surface area contributed by atoms with Gasteiger partial charge in [0.15, 0.2) is 5.69 Å². The minimum Gasteiger partial charge on any atom is -0.506 e. The third-order valence-electron chi connectivity index (χ3n) is 3.30. The minimum atomic E-state index is -0.192. The van der Waals surface area contributed by atoms with Crippen molar-refractivity contribution < 1.29 is 5.11 Å². The van der Waals surface area contributed by atoms with Gasteiger partial charge in [0.25, 0.3) is 0 Å². The minimum absolute atomic E-state index is 0.116. The summed E-state index contributed by atoms with van der Waals surface area (Å²) in [6.45, 7) is 0. The van der Waals surface area contributed by atoms with Crippen molar-refractivity contribution in [3.63, 3.8) is 0 Å². The third kappa shape index (κ3) is 2.99. The van der Waals surface area contributed by atoms with E-state index in [4.69, 9.17) is 11.6 Å². The highest BCUT2D eigenvalue weighted by Gasteiger charge is 2.21. The number of rotatable bonds is 2. The zero-order valence-electron chi connectivity index (χ0n) is 12.0. The molecule has 1 aliphatic heterocycles. The molecule has 2 aromatic rings. The number of halogens is 2. The highest BCUT2D eigenvalue weighted by molar-refractivity contribution is 14.2. The van der Waals surface area contributed by atoms with E-state index < -0.39 is 0 Å². The molecule has 0 radical (unpaired) electrons. The molecule has 0 aliphatic carbocycles. The number of azo groups is 1. The molecule has 1 aliphatic rings. The molecule has 2 aromatic carbocycles. The van der Waals surface area contributed by atoms with Gasteiger partial charge < -0.3 is 5.11 Å². The quantitative estimate of drug-likeness (QED) is 0.425. The summed E-state index contributed by atoms with van der Waals surface area (Å²) in [7, 11) is 3.99. The lowest BCUT2D eigenvalue weighted by atomic mass is 10.1. The molecular formula is C15H14ClIN4O. The molecular weight excluding hydrogens is 415 g/mol. The molecule has 7 heteroatoms. The summed E-state index contributed by atoms with van der Waals surface area (Å²) in [6.07, 6.45) is 0. The number of hydrazine groups is 1. The molecule has 0 saturated carbocycles. The van der Waals surface area contributed by atoms with Crippen molar-refractivity contribution in [1.82, 2.24) is 3.22 Å². The fourth-order valence-corrected chi connectivity index (χ4v) is 3.97. The average Bonchev–Trinajstić information content (AvgIpc) is 2.52. The second kappa shape index (κ2) is 6.31. The van der Waals surface area contributed by atoms with E-state index in [9.17, 15) is 5.11 Å². The first-order valence-corrected chi connectivity index (χ1v) is 9.12. The molecule has 0 bridgehead atoms. The van der Waals surface area contributed by atoms with E-state index in [0.717, 1.165) is 11.3 Å². The number of phenolic OH excluding ortho intramolecular Hbond substituents is 1. The van der Waals surface area contributed by atoms with Crippen LogP contribution in [0.25, 0.3) is 0 Å². The van der Waals surface area contributed by atoms with Gasteiger partial charge in [-0.3, -0.25) is 5.01 Å². The Hall–Kier alpha value is -1.51. The summed E-state index contributed by atoms with van der Waals surface area (Å²) >= 11 is 5.67. The van der Waals surface area contributed by atoms with Gasteiger partial charge in [-0.1, -0.05) is 11.6 Å². The molecule has 0 spiro atoms. The van der Waals surface area contributed by atoms with Crippen LogP contribution in [-0.4, -0.2) is 26.4 Å². The van der Waals surface area contributed by atoms with Crippen LogP contribution in [0, 0.1) is 0 Å². The molecule has 114 valence electrons. The lowest BCUT2D eigenvalue weighted by molar-refractivity contribution is 0.475. The molecule has 0 fully saturated rings. The highest BCUT2D eigenvalue weighted by atomic mass is 127. The summed E-state index contributed by atoms with van der Waals surface area (Å²) in [5, 5.41) is 21.3. The zero-order valence-corrected chi connectivity index (χ0v) is 14.9. The summed E-state index contributed by atoms with van der Waals surface area (Å²) in [4.78, 5) is 0. The van der Waals surface area contributed by atoms with E-state index in [-0.39, 0.29) is 26.8 Å². The number of hydrogen-bond acceptors (Lipinski definition) is 5. The SMILES string of the molecule is CN1I=Cc2ccc(O)c(N=Nc3ccc(Cl)cc3)c2N1C. The van der Waals surface area contributed by atoms with Gasteiger partial charge in [-0.25, -0.2) is 0 Å². The van der Waals surface area contributed by atoms with Crippen molar-refractivity contribution in [2.24, 2.45) is 10.2 Å². The number of benzene rings is 2. The van der Waals surface area contributed by atoms with E-state index in [1.54, 1.807) is 30.3 Å². The van der Waals surface area contributed by atoms with E-state index in [1.165, 1.54) is 0 Å². The standard InChI is InChI=1S/C15H14ClIN4O/c1-20-15-10(9-17-21(20)2)3-8-13(22)14(15)19-18-12-6-4-11(16)5-7-12/h3-9,22H,1-2H3. The topological polar surface area (TPSA) is 51.4 Å². The molecule has 0 aromatic heterocycles. The maximum absolute atomic E-state index is 10.2. The Morgan fingerprint density at radius 3 is 2.50 bits per heavy atom. The monoisotopic (exact) mass is 428 g/mol. The maximum atomic E-state index is 10.2. The summed E-state index contributed by atoms with van der Waals surface area (Å²) in [6, 6.07) is 10.7. The van der Waals surface area contributed by atoms with E-state index >= 15 is 0 Å². The largest absolute Gasteiger partial charge is 0.506 e. The van der Waals surface area contributed by atoms with Crippen molar-refractivity contribution in [3.8, 4) is 5.75 Å². The highest BCUT2D eigenvalue weighted by Crippen LogP contribution is 2.43. The van der Waals surface area contributed by atoms with Gasteiger partial charge in [0, 0.05) is 24.7 Å². The Balaban J connectivity index is 2.04. The summed E-state index contributed by atoms with van der Waals surface area (Å²) in [5.41, 5.74) is 3.11. The third-order valence-corrected chi connectivity index (χ3v) is 5.95. The average molecular weight is 429 g/mol. The van der Waals surface area contributed by atoms with Crippen molar-refractivity contribution in [2.75, 3.05) is 19.1 Å². The van der Waals surface area contributed by atoms with Crippen LogP contribution >= 0.6 is 32.6 Å². The number of hydrogen-bond donors (Lipinski definition) is 1.